The second-order valence-electron chi connectivity index (χ2n) is 5.81. The molecule has 2 aromatic rings. The first-order valence-corrected chi connectivity index (χ1v) is 8.95. The quantitative estimate of drug-likeness (QED) is 0.265. The summed E-state index contributed by atoms with van der Waals surface area (Å²) in [6.45, 7) is 1.57. The number of alkyl halides is 3. The van der Waals surface area contributed by atoms with Gasteiger partial charge in [0.15, 0.2) is 0 Å². The number of thioether (sulfide) groups is 1. The van der Waals surface area contributed by atoms with Gasteiger partial charge >= 0.3 is 6.18 Å². The molecule has 0 aromatic heterocycles. The SMILES string of the molecule is Cc1cc(F)c(N=C(c2ccc(Cl)cc2)N(C)C)cc1SCC(F)(F)F. The molecule has 0 unspecified atom stereocenters. The Morgan fingerprint density at radius 3 is 2.31 bits per heavy atom. The molecule has 0 bridgehead atoms. The Kier molecular flexibility index (Phi) is 6.58. The summed E-state index contributed by atoms with van der Waals surface area (Å²) in [6.07, 6.45) is -4.30. The van der Waals surface area contributed by atoms with Gasteiger partial charge in [0, 0.05) is 29.6 Å². The molecule has 0 saturated heterocycles. The molecule has 0 aliphatic heterocycles. The minimum absolute atomic E-state index is 0.0149. The highest BCUT2D eigenvalue weighted by Crippen LogP contribution is 2.33. The van der Waals surface area contributed by atoms with Crippen molar-refractivity contribution < 1.29 is 17.6 Å². The Hall–Kier alpha value is -1.73. The van der Waals surface area contributed by atoms with Crippen molar-refractivity contribution in [2.75, 3.05) is 19.8 Å². The highest BCUT2D eigenvalue weighted by molar-refractivity contribution is 7.99. The van der Waals surface area contributed by atoms with Gasteiger partial charge in [-0.25, -0.2) is 9.38 Å². The van der Waals surface area contributed by atoms with E-state index in [2.05, 4.69) is 4.99 Å². The van der Waals surface area contributed by atoms with Crippen molar-refractivity contribution in [3.63, 3.8) is 0 Å². The first-order valence-electron chi connectivity index (χ1n) is 7.58. The number of hydrogen-bond donors (Lipinski definition) is 0. The van der Waals surface area contributed by atoms with E-state index in [1.165, 1.54) is 12.1 Å². The van der Waals surface area contributed by atoms with Crippen LogP contribution in [0.15, 0.2) is 46.3 Å². The highest BCUT2D eigenvalue weighted by Gasteiger charge is 2.27. The van der Waals surface area contributed by atoms with E-state index >= 15 is 0 Å². The zero-order valence-corrected chi connectivity index (χ0v) is 15.9. The summed E-state index contributed by atoms with van der Waals surface area (Å²) in [4.78, 5) is 6.38. The molecule has 26 heavy (non-hydrogen) atoms. The summed E-state index contributed by atoms with van der Waals surface area (Å²) in [5, 5.41) is 0.555. The average Bonchev–Trinajstić information content (AvgIpc) is 2.53. The molecule has 0 spiro atoms. The lowest BCUT2D eigenvalue weighted by molar-refractivity contribution is -0.105. The summed E-state index contributed by atoms with van der Waals surface area (Å²) >= 11 is 6.50. The molecule has 0 saturated carbocycles. The van der Waals surface area contributed by atoms with Crippen LogP contribution in [0, 0.1) is 12.7 Å². The first kappa shape index (κ1) is 20.6. The lowest BCUT2D eigenvalue weighted by Crippen LogP contribution is -2.22. The van der Waals surface area contributed by atoms with Crippen LogP contribution in [0.2, 0.25) is 5.02 Å². The molecule has 2 aromatic carbocycles. The number of aliphatic imine (C=N–C) groups is 1. The van der Waals surface area contributed by atoms with Crippen LogP contribution in [-0.4, -0.2) is 36.8 Å². The van der Waals surface area contributed by atoms with Crippen molar-refractivity contribution in [1.29, 1.82) is 0 Å². The second kappa shape index (κ2) is 8.31. The van der Waals surface area contributed by atoms with Gasteiger partial charge < -0.3 is 4.90 Å². The van der Waals surface area contributed by atoms with Gasteiger partial charge in [0.05, 0.1) is 5.75 Å². The fraction of sp³-hybridized carbons (Fsp3) is 0.278. The maximum absolute atomic E-state index is 14.3. The van der Waals surface area contributed by atoms with Crippen LogP contribution in [0.25, 0.3) is 0 Å². The largest absolute Gasteiger partial charge is 0.398 e. The molecule has 0 radical (unpaired) electrons. The molecule has 0 heterocycles. The first-order chi connectivity index (χ1) is 12.1. The summed E-state index contributed by atoms with van der Waals surface area (Å²) in [6, 6.07) is 9.41. The topological polar surface area (TPSA) is 15.6 Å². The fourth-order valence-electron chi connectivity index (χ4n) is 2.18. The van der Waals surface area contributed by atoms with Gasteiger partial charge in [0.25, 0.3) is 0 Å². The molecule has 0 fully saturated rings. The number of amidine groups is 1. The van der Waals surface area contributed by atoms with Crippen molar-refractivity contribution in [3.8, 4) is 0 Å². The second-order valence-corrected chi connectivity index (χ2v) is 7.26. The molecule has 2 nitrogen and oxygen atoms in total. The minimum Gasteiger partial charge on any atom is -0.362 e. The van der Waals surface area contributed by atoms with Crippen LogP contribution in [0.5, 0.6) is 0 Å². The van der Waals surface area contributed by atoms with Crippen LogP contribution in [-0.2, 0) is 0 Å². The Labute approximate surface area is 158 Å². The molecule has 0 N–H and O–H groups in total. The molecule has 8 heteroatoms. The third-order valence-corrected chi connectivity index (χ3v) is 4.86. The van der Waals surface area contributed by atoms with Gasteiger partial charge in [0.1, 0.15) is 17.3 Å². The lowest BCUT2D eigenvalue weighted by Gasteiger charge is -2.17. The van der Waals surface area contributed by atoms with Crippen molar-refractivity contribution in [1.82, 2.24) is 4.90 Å². The van der Waals surface area contributed by atoms with Gasteiger partial charge in [-0.1, -0.05) is 11.6 Å². The molecular formula is C18H17ClF4N2S. The van der Waals surface area contributed by atoms with Crippen molar-refractivity contribution in [2.45, 2.75) is 18.0 Å². The summed E-state index contributed by atoms with van der Waals surface area (Å²) in [5.74, 6) is -1.16. The Morgan fingerprint density at radius 2 is 1.77 bits per heavy atom. The van der Waals surface area contributed by atoms with Crippen LogP contribution >= 0.6 is 23.4 Å². The molecular weight excluding hydrogens is 388 g/mol. The van der Waals surface area contributed by atoms with Crippen LogP contribution in [0.4, 0.5) is 23.2 Å². The molecule has 0 aliphatic carbocycles. The Bertz CT molecular complexity index is 802. The Balaban J connectivity index is 2.44. The maximum atomic E-state index is 14.3. The number of hydrogen-bond acceptors (Lipinski definition) is 2. The van der Waals surface area contributed by atoms with E-state index in [9.17, 15) is 17.6 Å². The van der Waals surface area contributed by atoms with Gasteiger partial charge in [-0.3, -0.25) is 0 Å². The van der Waals surface area contributed by atoms with Crippen molar-refractivity contribution >= 4 is 34.9 Å². The maximum Gasteiger partial charge on any atom is 0.398 e. The zero-order chi connectivity index (χ0) is 19.5. The average molecular weight is 405 g/mol. The summed E-state index contributed by atoms with van der Waals surface area (Å²) in [5.41, 5.74) is 1.14. The van der Waals surface area contributed by atoms with E-state index < -0.39 is 17.7 Å². The number of rotatable bonds is 4. The molecule has 2 rings (SSSR count). The molecule has 0 aliphatic rings. The van der Waals surface area contributed by atoms with Crippen LogP contribution < -0.4 is 0 Å². The third-order valence-electron chi connectivity index (χ3n) is 3.39. The zero-order valence-electron chi connectivity index (χ0n) is 14.4. The van der Waals surface area contributed by atoms with Crippen molar-refractivity contribution in [3.05, 3.63) is 58.4 Å². The summed E-state index contributed by atoms with van der Waals surface area (Å²) in [7, 11) is 3.50. The van der Waals surface area contributed by atoms with Gasteiger partial charge in [-0.05, 0) is 48.9 Å². The van der Waals surface area contributed by atoms with E-state index in [1.54, 1.807) is 50.2 Å². The van der Waals surface area contributed by atoms with Crippen molar-refractivity contribution in [2.24, 2.45) is 4.99 Å². The van der Waals surface area contributed by atoms with E-state index in [1.807, 2.05) is 0 Å². The van der Waals surface area contributed by atoms with Gasteiger partial charge in [-0.2, -0.15) is 13.2 Å². The van der Waals surface area contributed by atoms with Crippen LogP contribution in [0.1, 0.15) is 11.1 Å². The standard InChI is InChI=1S/C18H17ClF4N2S/c1-11-8-14(20)15(9-16(11)26-10-18(21,22)23)24-17(25(2)3)12-4-6-13(19)7-5-12/h4-9H,10H2,1-3H3. The van der Waals surface area contributed by atoms with E-state index in [4.69, 9.17) is 11.6 Å². The minimum atomic E-state index is -4.30. The number of benzene rings is 2. The number of halogens is 5. The van der Waals surface area contributed by atoms with Gasteiger partial charge in [-0.15, -0.1) is 11.8 Å². The van der Waals surface area contributed by atoms with E-state index in [0.29, 0.717) is 38.6 Å². The third kappa shape index (κ3) is 5.64. The lowest BCUT2D eigenvalue weighted by atomic mass is 10.2. The molecule has 0 amide bonds. The molecule has 0 atom stereocenters. The monoisotopic (exact) mass is 404 g/mol. The normalized spacial score (nSPS) is 12.4. The summed E-state index contributed by atoms with van der Waals surface area (Å²) < 4.78 is 51.8. The number of nitrogens with zero attached hydrogens (tertiary/aromatic N) is 2. The fourth-order valence-corrected chi connectivity index (χ4v) is 3.11. The molecule has 140 valence electrons. The van der Waals surface area contributed by atoms with E-state index in [-0.39, 0.29) is 5.69 Å². The highest BCUT2D eigenvalue weighted by atomic mass is 35.5. The predicted octanol–water partition coefficient (Wildman–Crippen LogP) is 6.08. The number of aryl methyl sites for hydroxylation is 1. The van der Waals surface area contributed by atoms with Gasteiger partial charge in [0.2, 0.25) is 0 Å². The predicted molar refractivity (Wildman–Crippen MR) is 99.3 cm³/mol. The van der Waals surface area contributed by atoms with Crippen LogP contribution in [0.3, 0.4) is 0 Å². The Morgan fingerprint density at radius 1 is 1.15 bits per heavy atom. The smallest absolute Gasteiger partial charge is 0.362 e. The van der Waals surface area contributed by atoms with E-state index in [0.717, 1.165) is 0 Å².